The molecule has 2 aromatic carbocycles. The number of benzene rings is 2. The summed E-state index contributed by atoms with van der Waals surface area (Å²) in [5.41, 5.74) is 1.05. The fraction of sp³-hybridized carbons (Fsp3) is 0.105. The maximum absolute atomic E-state index is 12.3. The summed E-state index contributed by atoms with van der Waals surface area (Å²) in [6, 6.07) is 16.8. The number of nitrogens with one attached hydrogen (secondary N) is 2. The minimum absolute atomic E-state index is 0.188. The number of hydrogen-bond donors (Lipinski definition) is 2. The van der Waals surface area contributed by atoms with Gasteiger partial charge in [-0.15, -0.1) is 0 Å². The second-order valence-corrected chi connectivity index (χ2v) is 7.22. The molecule has 0 bridgehead atoms. The SMILES string of the molecule is COc1ccc(OC)c(Nc2ccc(NS(=O)(=O)c3ccccc3)cn2)c1. The largest absolute Gasteiger partial charge is 0.497 e. The molecule has 0 aliphatic rings. The summed E-state index contributed by atoms with van der Waals surface area (Å²) >= 11 is 0. The molecular formula is C19H19N3O4S. The van der Waals surface area contributed by atoms with Crippen molar-refractivity contribution in [3.63, 3.8) is 0 Å². The molecule has 27 heavy (non-hydrogen) atoms. The average molecular weight is 385 g/mol. The van der Waals surface area contributed by atoms with E-state index in [0.29, 0.717) is 28.7 Å². The van der Waals surface area contributed by atoms with Gasteiger partial charge in [0.2, 0.25) is 0 Å². The molecular weight excluding hydrogens is 366 g/mol. The van der Waals surface area contributed by atoms with Crippen molar-refractivity contribution in [3.8, 4) is 11.5 Å². The van der Waals surface area contributed by atoms with Gasteiger partial charge in [-0.3, -0.25) is 4.72 Å². The molecule has 0 radical (unpaired) electrons. The summed E-state index contributed by atoms with van der Waals surface area (Å²) in [7, 11) is -0.500. The third-order valence-corrected chi connectivity index (χ3v) is 5.14. The van der Waals surface area contributed by atoms with Crippen molar-refractivity contribution in [2.75, 3.05) is 24.3 Å². The third kappa shape index (κ3) is 4.48. The molecule has 0 atom stereocenters. The van der Waals surface area contributed by atoms with Gasteiger partial charge in [0.15, 0.2) is 0 Å². The molecule has 0 fully saturated rings. The van der Waals surface area contributed by atoms with E-state index in [0.717, 1.165) is 0 Å². The van der Waals surface area contributed by atoms with Crippen LogP contribution in [-0.2, 0) is 10.0 Å². The van der Waals surface area contributed by atoms with E-state index in [2.05, 4.69) is 15.0 Å². The van der Waals surface area contributed by atoms with Crippen LogP contribution in [0.15, 0.2) is 71.8 Å². The zero-order valence-corrected chi connectivity index (χ0v) is 15.7. The van der Waals surface area contributed by atoms with E-state index in [1.807, 2.05) is 0 Å². The monoisotopic (exact) mass is 385 g/mol. The van der Waals surface area contributed by atoms with Crippen molar-refractivity contribution >= 4 is 27.2 Å². The number of anilines is 3. The lowest BCUT2D eigenvalue weighted by Gasteiger charge is -2.13. The van der Waals surface area contributed by atoms with Crippen molar-refractivity contribution < 1.29 is 17.9 Å². The van der Waals surface area contributed by atoms with E-state index in [4.69, 9.17) is 9.47 Å². The Labute approximate surface area is 158 Å². The molecule has 0 saturated carbocycles. The Bertz CT molecular complexity index is 1010. The molecule has 1 aromatic heterocycles. The molecule has 0 aliphatic heterocycles. The van der Waals surface area contributed by atoms with Crippen molar-refractivity contribution in [3.05, 3.63) is 66.9 Å². The molecule has 7 nitrogen and oxygen atoms in total. The van der Waals surface area contributed by atoms with Gasteiger partial charge in [0.1, 0.15) is 17.3 Å². The van der Waals surface area contributed by atoms with Gasteiger partial charge in [-0.05, 0) is 36.4 Å². The molecule has 8 heteroatoms. The normalized spacial score (nSPS) is 10.9. The quantitative estimate of drug-likeness (QED) is 0.645. The minimum atomic E-state index is -3.65. The van der Waals surface area contributed by atoms with Gasteiger partial charge in [-0.2, -0.15) is 0 Å². The Hall–Kier alpha value is -3.26. The van der Waals surface area contributed by atoms with Crippen LogP contribution in [0.3, 0.4) is 0 Å². The third-order valence-electron chi connectivity index (χ3n) is 3.74. The highest BCUT2D eigenvalue weighted by atomic mass is 32.2. The van der Waals surface area contributed by atoms with Crippen LogP contribution in [0.25, 0.3) is 0 Å². The summed E-state index contributed by atoms with van der Waals surface area (Å²) in [4.78, 5) is 4.44. The molecule has 0 amide bonds. The number of pyridine rings is 1. The van der Waals surface area contributed by atoms with Crippen LogP contribution >= 0.6 is 0 Å². The highest BCUT2D eigenvalue weighted by Gasteiger charge is 2.13. The average Bonchev–Trinajstić information content (AvgIpc) is 2.70. The highest BCUT2D eigenvalue weighted by Crippen LogP contribution is 2.31. The number of methoxy groups -OCH3 is 2. The Kier molecular flexibility index (Phi) is 5.46. The molecule has 3 rings (SSSR count). The molecule has 0 saturated heterocycles. The topological polar surface area (TPSA) is 89.5 Å². The first-order chi connectivity index (χ1) is 13.0. The Balaban J connectivity index is 1.76. The standard InChI is InChI=1S/C19H19N3O4S/c1-25-15-9-10-18(26-2)17(12-15)21-19-11-8-14(13-20-19)22-27(23,24)16-6-4-3-5-7-16/h3-13,22H,1-2H3,(H,20,21). The Morgan fingerprint density at radius 1 is 0.926 bits per heavy atom. The predicted molar refractivity (Wildman–Crippen MR) is 104 cm³/mol. The minimum Gasteiger partial charge on any atom is -0.497 e. The van der Waals surface area contributed by atoms with E-state index in [1.165, 1.54) is 18.3 Å². The summed E-state index contributed by atoms with van der Waals surface area (Å²) in [5, 5.41) is 3.13. The van der Waals surface area contributed by atoms with Gasteiger partial charge in [0, 0.05) is 6.07 Å². The second kappa shape index (κ2) is 7.96. The van der Waals surface area contributed by atoms with Crippen LogP contribution in [0.4, 0.5) is 17.2 Å². The van der Waals surface area contributed by atoms with Gasteiger partial charge in [-0.25, -0.2) is 13.4 Å². The van der Waals surface area contributed by atoms with Crippen LogP contribution < -0.4 is 19.5 Å². The van der Waals surface area contributed by atoms with Crippen LogP contribution in [0.1, 0.15) is 0 Å². The maximum Gasteiger partial charge on any atom is 0.261 e. The first kappa shape index (κ1) is 18.5. The molecule has 140 valence electrons. The van der Waals surface area contributed by atoms with Gasteiger partial charge in [0.25, 0.3) is 10.0 Å². The van der Waals surface area contributed by atoms with Crippen LogP contribution in [-0.4, -0.2) is 27.6 Å². The molecule has 0 spiro atoms. The molecule has 2 N–H and O–H groups in total. The lowest BCUT2D eigenvalue weighted by molar-refractivity contribution is 0.405. The lowest BCUT2D eigenvalue weighted by atomic mass is 10.2. The van der Waals surface area contributed by atoms with E-state index in [9.17, 15) is 8.42 Å². The van der Waals surface area contributed by atoms with E-state index in [-0.39, 0.29) is 4.90 Å². The van der Waals surface area contributed by atoms with Crippen molar-refractivity contribution in [2.24, 2.45) is 0 Å². The van der Waals surface area contributed by atoms with Gasteiger partial charge < -0.3 is 14.8 Å². The summed E-state index contributed by atoms with van der Waals surface area (Å²) in [6.07, 6.45) is 1.44. The number of rotatable bonds is 7. The lowest BCUT2D eigenvalue weighted by Crippen LogP contribution is -2.13. The number of aromatic nitrogens is 1. The van der Waals surface area contributed by atoms with Gasteiger partial charge in [0.05, 0.1) is 36.7 Å². The van der Waals surface area contributed by atoms with E-state index < -0.39 is 10.0 Å². The van der Waals surface area contributed by atoms with Gasteiger partial charge in [-0.1, -0.05) is 18.2 Å². The van der Waals surface area contributed by atoms with Crippen molar-refractivity contribution in [1.82, 2.24) is 4.98 Å². The zero-order valence-electron chi connectivity index (χ0n) is 14.8. The number of ether oxygens (including phenoxy) is 2. The molecule has 0 aliphatic carbocycles. The fourth-order valence-corrected chi connectivity index (χ4v) is 3.46. The Morgan fingerprint density at radius 3 is 2.33 bits per heavy atom. The smallest absolute Gasteiger partial charge is 0.261 e. The zero-order chi connectivity index (χ0) is 19.3. The van der Waals surface area contributed by atoms with Crippen LogP contribution in [0.5, 0.6) is 11.5 Å². The first-order valence-electron chi connectivity index (χ1n) is 8.05. The number of nitrogens with zero attached hydrogens (tertiary/aromatic N) is 1. The first-order valence-corrected chi connectivity index (χ1v) is 9.53. The summed E-state index contributed by atoms with van der Waals surface area (Å²) in [5.74, 6) is 1.83. The number of sulfonamides is 1. The summed E-state index contributed by atoms with van der Waals surface area (Å²) in [6.45, 7) is 0. The fourth-order valence-electron chi connectivity index (χ4n) is 2.39. The maximum atomic E-state index is 12.3. The molecule has 0 unspecified atom stereocenters. The summed E-state index contributed by atoms with van der Waals surface area (Å²) < 4.78 is 37.7. The van der Waals surface area contributed by atoms with Crippen LogP contribution in [0.2, 0.25) is 0 Å². The van der Waals surface area contributed by atoms with Crippen molar-refractivity contribution in [2.45, 2.75) is 4.90 Å². The predicted octanol–water partition coefficient (Wildman–Crippen LogP) is 3.64. The molecule has 1 heterocycles. The van der Waals surface area contributed by atoms with Crippen molar-refractivity contribution in [1.29, 1.82) is 0 Å². The second-order valence-electron chi connectivity index (χ2n) is 5.54. The number of hydrogen-bond acceptors (Lipinski definition) is 6. The highest BCUT2D eigenvalue weighted by molar-refractivity contribution is 7.92. The van der Waals surface area contributed by atoms with E-state index >= 15 is 0 Å². The Morgan fingerprint density at radius 2 is 1.70 bits per heavy atom. The molecule has 3 aromatic rings. The van der Waals surface area contributed by atoms with E-state index in [1.54, 1.807) is 62.8 Å². The van der Waals surface area contributed by atoms with Crippen LogP contribution in [0, 0.1) is 0 Å². The van der Waals surface area contributed by atoms with Gasteiger partial charge >= 0.3 is 0 Å².